The van der Waals surface area contributed by atoms with Crippen LogP contribution >= 0.6 is 0 Å². The van der Waals surface area contributed by atoms with Gasteiger partial charge in [0.05, 0.1) is 17.2 Å². The van der Waals surface area contributed by atoms with Crippen LogP contribution in [0.4, 0.5) is 10.1 Å². The van der Waals surface area contributed by atoms with Gasteiger partial charge < -0.3 is 10.6 Å². The van der Waals surface area contributed by atoms with Crippen LogP contribution in [-0.4, -0.2) is 27.4 Å². The summed E-state index contributed by atoms with van der Waals surface area (Å²) in [6.07, 6.45) is 3.23. The van der Waals surface area contributed by atoms with Gasteiger partial charge in [-0.3, -0.25) is 19.0 Å². The number of nitrogens with one attached hydrogen (secondary N) is 2. The number of halogens is 1. The van der Waals surface area contributed by atoms with E-state index in [-0.39, 0.29) is 23.9 Å². The molecule has 0 aliphatic heterocycles. The first kappa shape index (κ1) is 18.8. The Balaban J connectivity index is 1.52. The van der Waals surface area contributed by atoms with Gasteiger partial charge in [0.15, 0.2) is 0 Å². The third-order valence-corrected chi connectivity index (χ3v) is 4.79. The Bertz CT molecular complexity index is 1180. The second-order valence-corrected chi connectivity index (χ2v) is 7.16. The van der Waals surface area contributed by atoms with Crippen LogP contribution in [0.5, 0.6) is 0 Å². The van der Waals surface area contributed by atoms with Gasteiger partial charge in [-0.25, -0.2) is 9.37 Å². The van der Waals surface area contributed by atoms with Gasteiger partial charge in [-0.15, -0.1) is 0 Å². The van der Waals surface area contributed by atoms with Gasteiger partial charge in [-0.05, 0) is 55.7 Å². The number of fused-ring (bicyclic) bond motifs is 1. The summed E-state index contributed by atoms with van der Waals surface area (Å²) in [4.78, 5) is 41.3. The van der Waals surface area contributed by atoms with E-state index in [1.807, 2.05) is 6.92 Å². The predicted octanol–water partition coefficient (Wildman–Crippen LogP) is 2.37. The van der Waals surface area contributed by atoms with Crippen LogP contribution in [0.3, 0.4) is 0 Å². The molecule has 0 saturated heterocycles. The lowest BCUT2D eigenvalue weighted by atomic mass is 10.1. The van der Waals surface area contributed by atoms with Crippen molar-refractivity contribution in [3.05, 3.63) is 70.0 Å². The predicted molar refractivity (Wildman–Crippen MR) is 106 cm³/mol. The Morgan fingerprint density at radius 1 is 1.21 bits per heavy atom. The lowest BCUT2D eigenvalue weighted by molar-refractivity contribution is -0.116. The highest BCUT2D eigenvalue weighted by molar-refractivity contribution is 5.98. The first-order valence-corrected chi connectivity index (χ1v) is 9.27. The first-order valence-electron chi connectivity index (χ1n) is 9.27. The van der Waals surface area contributed by atoms with Gasteiger partial charge in [0, 0.05) is 17.3 Å². The number of hydrogen-bond acceptors (Lipinski definition) is 4. The van der Waals surface area contributed by atoms with Crippen molar-refractivity contribution >= 4 is 28.4 Å². The van der Waals surface area contributed by atoms with Crippen LogP contribution < -0.4 is 16.2 Å². The highest BCUT2D eigenvalue weighted by Crippen LogP contribution is 2.21. The summed E-state index contributed by atoms with van der Waals surface area (Å²) in [5.41, 5.74) is 1.59. The molecule has 8 heteroatoms. The second-order valence-electron chi connectivity index (χ2n) is 7.16. The first-order chi connectivity index (χ1) is 13.9. The number of aromatic nitrogens is 2. The van der Waals surface area contributed by atoms with Crippen molar-refractivity contribution in [2.75, 3.05) is 5.32 Å². The van der Waals surface area contributed by atoms with Gasteiger partial charge in [0.2, 0.25) is 5.91 Å². The van der Waals surface area contributed by atoms with E-state index in [0.717, 1.165) is 29.0 Å². The topological polar surface area (TPSA) is 93.1 Å². The lowest BCUT2D eigenvalue weighted by Crippen LogP contribution is -2.28. The van der Waals surface area contributed by atoms with Crippen molar-refractivity contribution < 1.29 is 14.0 Å². The number of nitrogens with zero attached hydrogens (tertiary/aromatic N) is 2. The van der Waals surface area contributed by atoms with Crippen molar-refractivity contribution in [2.24, 2.45) is 0 Å². The summed E-state index contributed by atoms with van der Waals surface area (Å²) in [7, 11) is 0. The zero-order valence-electron chi connectivity index (χ0n) is 15.7. The van der Waals surface area contributed by atoms with E-state index in [1.165, 1.54) is 18.5 Å². The molecular formula is C21H19FN4O3. The summed E-state index contributed by atoms with van der Waals surface area (Å²) in [5, 5.41) is 5.74. The molecule has 1 aliphatic rings. The minimum Gasteiger partial charge on any atom is -0.349 e. The minimum absolute atomic E-state index is 0.107. The van der Waals surface area contributed by atoms with Crippen molar-refractivity contribution in [2.45, 2.75) is 32.4 Å². The molecule has 0 spiro atoms. The summed E-state index contributed by atoms with van der Waals surface area (Å²) >= 11 is 0. The number of anilines is 1. The number of aryl methyl sites for hydroxylation is 1. The molecule has 1 saturated carbocycles. The summed E-state index contributed by atoms with van der Waals surface area (Å²) < 4.78 is 14.6. The van der Waals surface area contributed by atoms with Crippen molar-refractivity contribution in [1.82, 2.24) is 14.9 Å². The average Bonchev–Trinajstić information content (AvgIpc) is 3.50. The molecule has 148 valence electrons. The van der Waals surface area contributed by atoms with E-state index in [1.54, 1.807) is 18.2 Å². The quantitative estimate of drug-likeness (QED) is 0.695. The molecule has 1 heterocycles. The van der Waals surface area contributed by atoms with E-state index < -0.39 is 17.3 Å². The van der Waals surface area contributed by atoms with Crippen LogP contribution in [0.15, 0.2) is 47.5 Å². The Morgan fingerprint density at radius 2 is 2.00 bits per heavy atom. The second kappa shape index (κ2) is 7.46. The number of benzene rings is 2. The average molecular weight is 394 g/mol. The Hall–Kier alpha value is -3.55. The summed E-state index contributed by atoms with van der Waals surface area (Å²) in [6, 6.07) is 9.05. The van der Waals surface area contributed by atoms with Gasteiger partial charge in [-0.1, -0.05) is 6.07 Å². The molecule has 2 N–H and O–H groups in total. The Kier molecular flexibility index (Phi) is 4.84. The van der Waals surface area contributed by atoms with E-state index in [2.05, 4.69) is 15.6 Å². The smallest absolute Gasteiger partial charge is 0.261 e. The molecule has 0 atom stereocenters. The molecule has 1 fully saturated rings. The maximum Gasteiger partial charge on any atom is 0.261 e. The minimum atomic E-state index is -0.546. The third-order valence-electron chi connectivity index (χ3n) is 4.79. The molecule has 4 rings (SSSR count). The SMILES string of the molecule is Cc1ccc(C(=O)NC2CC2)cc1NC(=O)Cn1cnc2ccc(F)cc2c1=O. The zero-order chi connectivity index (χ0) is 20.5. The van der Waals surface area contributed by atoms with Crippen LogP contribution in [-0.2, 0) is 11.3 Å². The number of carbonyl (C=O) groups is 2. The van der Waals surface area contributed by atoms with Gasteiger partial charge >= 0.3 is 0 Å². The molecule has 29 heavy (non-hydrogen) atoms. The molecule has 0 bridgehead atoms. The molecule has 2 amide bonds. The molecular weight excluding hydrogens is 375 g/mol. The van der Waals surface area contributed by atoms with Crippen LogP contribution in [0.2, 0.25) is 0 Å². The molecule has 3 aromatic rings. The van der Waals surface area contributed by atoms with Crippen molar-refractivity contribution in [1.29, 1.82) is 0 Å². The molecule has 0 radical (unpaired) electrons. The zero-order valence-corrected chi connectivity index (χ0v) is 15.7. The number of amides is 2. The number of rotatable bonds is 5. The number of hydrogen-bond donors (Lipinski definition) is 2. The molecule has 2 aromatic carbocycles. The fourth-order valence-corrected chi connectivity index (χ4v) is 2.98. The molecule has 0 unspecified atom stereocenters. The maximum absolute atomic E-state index is 13.4. The van der Waals surface area contributed by atoms with E-state index >= 15 is 0 Å². The van der Waals surface area contributed by atoms with E-state index in [0.29, 0.717) is 16.8 Å². The largest absolute Gasteiger partial charge is 0.349 e. The molecule has 1 aromatic heterocycles. The highest BCUT2D eigenvalue weighted by atomic mass is 19.1. The van der Waals surface area contributed by atoms with Crippen molar-refractivity contribution in [3.8, 4) is 0 Å². The molecule has 7 nitrogen and oxygen atoms in total. The monoisotopic (exact) mass is 394 g/mol. The fourth-order valence-electron chi connectivity index (χ4n) is 2.98. The lowest BCUT2D eigenvalue weighted by Gasteiger charge is -2.12. The number of carbonyl (C=O) groups excluding carboxylic acids is 2. The van der Waals surface area contributed by atoms with Gasteiger partial charge in [-0.2, -0.15) is 0 Å². The van der Waals surface area contributed by atoms with Gasteiger partial charge in [0.1, 0.15) is 12.4 Å². The Labute approximate surface area is 165 Å². The van der Waals surface area contributed by atoms with Crippen molar-refractivity contribution in [3.63, 3.8) is 0 Å². The van der Waals surface area contributed by atoms with E-state index in [4.69, 9.17) is 0 Å². The van der Waals surface area contributed by atoms with Crippen LogP contribution in [0, 0.1) is 12.7 Å². The summed E-state index contributed by atoms with van der Waals surface area (Å²) in [5.74, 6) is -1.18. The standard InChI is InChI=1S/C21H19FN4O3/c1-12-2-3-13(20(28)24-15-5-6-15)8-18(12)25-19(27)10-26-11-23-17-7-4-14(22)9-16(17)21(26)29/h2-4,7-9,11,15H,5-6,10H2,1H3,(H,24,28)(H,25,27). The van der Waals surface area contributed by atoms with Crippen LogP contribution in [0.1, 0.15) is 28.8 Å². The maximum atomic E-state index is 13.4. The van der Waals surface area contributed by atoms with Crippen LogP contribution in [0.25, 0.3) is 10.9 Å². The molecule has 1 aliphatic carbocycles. The Morgan fingerprint density at radius 3 is 2.76 bits per heavy atom. The fraction of sp³-hybridized carbons (Fsp3) is 0.238. The normalized spacial score (nSPS) is 13.3. The van der Waals surface area contributed by atoms with E-state index in [9.17, 15) is 18.8 Å². The highest BCUT2D eigenvalue weighted by Gasteiger charge is 2.24. The summed E-state index contributed by atoms with van der Waals surface area (Å²) in [6.45, 7) is 1.53. The third kappa shape index (κ3) is 4.16. The van der Waals surface area contributed by atoms with Gasteiger partial charge in [0.25, 0.3) is 11.5 Å².